The Kier molecular flexibility index (Phi) is 3.92. The molecule has 0 aromatic heterocycles. The molecule has 1 aromatic rings. The van der Waals surface area contributed by atoms with Crippen LogP contribution in [0, 0.1) is 0 Å². The number of hydrogen-bond acceptors (Lipinski definition) is 3. The third kappa shape index (κ3) is 2.84. The smallest absolute Gasteiger partial charge is 0.236 e. The van der Waals surface area contributed by atoms with E-state index in [2.05, 4.69) is 5.32 Å². The van der Waals surface area contributed by atoms with Gasteiger partial charge in [-0.15, -0.1) is 0 Å². The van der Waals surface area contributed by atoms with Crippen LogP contribution in [-0.4, -0.2) is 33.3 Å². The first-order chi connectivity index (χ1) is 8.50. The van der Waals surface area contributed by atoms with E-state index in [-0.39, 0.29) is 5.75 Å². The summed E-state index contributed by atoms with van der Waals surface area (Å²) < 4.78 is 26.1. The minimum atomic E-state index is -3.20. The normalized spacial score (nSPS) is 15.2. The van der Waals surface area contributed by atoms with Crippen molar-refractivity contribution in [1.82, 2.24) is 5.32 Å². The molecule has 4 nitrogen and oxygen atoms in total. The van der Waals surface area contributed by atoms with Crippen molar-refractivity contribution in [3.8, 4) is 0 Å². The van der Waals surface area contributed by atoms with E-state index in [1.54, 1.807) is 4.31 Å². The largest absolute Gasteiger partial charge is 0.313 e. The second-order valence-electron chi connectivity index (χ2n) is 4.88. The maximum Gasteiger partial charge on any atom is 0.236 e. The molecule has 0 radical (unpaired) electrons. The van der Waals surface area contributed by atoms with Gasteiger partial charge >= 0.3 is 0 Å². The summed E-state index contributed by atoms with van der Waals surface area (Å²) in [6.45, 7) is 5.09. The van der Waals surface area contributed by atoms with E-state index in [1.165, 1.54) is 0 Å². The van der Waals surface area contributed by atoms with Crippen LogP contribution in [0.2, 0.25) is 0 Å². The van der Waals surface area contributed by atoms with E-state index in [0.717, 1.165) is 17.7 Å². The third-order valence-electron chi connectivity index (χ3n) is 3.09. The molecule has 5 heteroatoms. The van der Waals surface area contributed by atoms with Gasteiger partial charge in [0.05, 0.1) is 11.4 Å². The Balaban J connectivity index is 2.08. The number of fused-ring (bicyclic) bond motifs is 1. The lowest BCUT2D eigenvalue weighted by Gasteiger charge is -2.20. The molecule has 1 aliphatic rings. The molecule has 0 saturated heterocycles. The van der Waals surface area contributed by atoms with Crippen LogP contribution in [0.3, 0.4) is 0 Å². The van der Waals surface area contributed by atoms with Crippen LogP contribution < -0.4 is 9.62 Å². The van der Waals surface area contributed by atoms with Gasteiger partial charge in [0, 0.05) is 19.1 Å². The lowest BCUT2D eigenvalue weighted by molar-refractivity contribution is 0.575. The second kappa shape index (κ2) is 5.28. The monoisotopic (exact) mass is 268 g/mol. The van der Waals surface area contributed by atoms with Crippen molar-refractivity contribution < 1.29 is 8.42 Å². The Labute approximate surface area is 109 Å². The molecule has 0 spiro atoms. The predicted octanol–water partition coefficient (Wildman–Crippen LogP) is 1.38. The van der Waals surface area contributed by atoms with Gasteiger partial charge in [0.25, 0.3) is 0 Å². The molecule has 0 fully saturated rings. The summed E-state index contributed by atoms with van der Waals surface area (Å²) in [5, 5.41) is 3.14. The number of rotatable bonds is 5. The Morgan fingerprint density at radius 1 is 1.33 bits per heavy atom. The van der Waals surface area contributed by atoms with Gasteiger partial charge in [-0.25, -0.2) is 8.42 Å². The summed E-state index contributed by atoms with van der Waals surface area (Å²) in [5.74, 6) is 0.152. The molecule has 18 heavy (non-hydrogen) atoms. The number of hydrogen-bond donors (Lipinski definition) is 1. The van der Waals surface area contributed by atoms with Gasteiger partial charge in [0.15, 0.2) is 0 Å². The maximum atomic E-state index is 12.3. The highest BCUT2D eigenvalue weighted by atomic mass is 32.2. The zero-order valence-electron chi connectivity index (χ0n) is 10.9. The molecule has 0 bridgehead atoms. The number of nitrogens with one attached hydrogen (secondary N) is 1. The summed E-state index contributed by atoms with van der Waals surface area (Å²) >= 11 is 0. The first-order valence-electron chi connectivity index (χ1n) is 6.32. The van der Waals surface area contributed by atoms with Crippen LogP contribution in [0.5, 0.6) is 0 Å². The molecule has 1 aliphatic heterocycles. The van der Waals surface area contributed by atoms with E-state index in [1.807, 2.05) is 38.1 Å². The van der Waals surface area contributed by atoms with E-state index in [4.69, 9.17) is 0 Å². The van der Waals surface area contributed by atoms with Gasteiger partial charge in [-0.3, -0.25) is 4.31 Å². The van der Waals surface area contributed by atoms with Gasteiger partial charge in [0.2, 0.25) is 10.0 Å². The minimum Gasteiger partial charge on any atom is -0.313 e. The molecule has 1 aromatic carbocycles. The number of para-hydroxylation sites is 1. The molecule has 0 amide bonds. The quantitative estimate of drug-likeness (QED) is 0.877. The zero-order valence-corrected chi connectivity index (χ0v) is 11.7. The highest BCUT2D eigenvalue weighted by Gasteiger charge is 2.28. The lowest BCUT2D eigenvalue weighted by Crippen LogP contribution is -2.36. The van der Waals surface area contributed by atoms with Gasteiger partial charge < -0.3 is 5.32 Å². The van der Waals surface area contributed by atoms with Gasteiger partial charge in [-0.05, 0) is 18.1 Å². The van der Waals surface area contributed by atoms with Crippen LogP contribution in [0.1, 0.15) is 19.4 Å². The third-order valence-corrected chi connectivity index (χ3v) is 4.86. The fraction of sp³-hybridized carbons (Fsp3) is 0.538. The SMILES string of the molecule is CC(C)NCCS(=O)(=O)N1CCc2ccccc21. The molecule has 100 valence electrons. The Bertz CT molecular complexity index is 511. The van der Waals surface area contributed by atoms with Gasteiger partial charge in [0.1, 0.15) is 0 Å². The first-order valence-corrected chi connectivity index (χ1v) is 7.93. The summed E-state index contributed by atoms with van der Waals surface area (Å²) in [4.78, 5) is 0. The van der Waals surface area contributed by atoms with Crippen molar-refractivity contribution in [2.24, 2.45) is 0 Å². The van der Waals surface area contributed by atoms with E-state index >= 15 is 0 Å². The number of sulfonamides is 1. The Morgan fingerprint density at radius 3 is 2.78 bits per heavy atom. The lowest BCUT2D eigenvalue weighted by atomic mass is 10.2. The van der Waals surface area contributed by atoms with Crippen LogP contribution in [-0.2, 0) is 16.4 Å². The van der Waals surface area contributed by atoms with Crippen molar-refractivity contribution in [3.05, 3.63) is 29.8 Å². The highest BCUT2D eigenvalue weighted by molar-refractivity contribution is 7.92. The van der Waals surface area contributed by atoms with Crippen molar-refractivity contribution in [2.75, 3.05) is 23.1 Å². The Morgan fingerprint density at radius 2 is 2.06 bits per heavy atom. The molecule has 0 saturated carbocycles. The van der Waals surface area contributed by atoms with Crippen molar-refractivity contribution in [3.63, 3.8) is 0 Å². The number of benzene rings is 1. The average Bonchev–Trinajstić information content (AvgIpc) is 2.72. The Hall–Kier alpha value is -1.07. The molecular weight excluding hydrogens is 248 g/mol. The fourth-order valence-electron chi connectivity index (χ4n) is 2.18. The number of nitrogens with zero attached hydrogens (tertiary/aromatic N) is 1. The molecule has 0 atom stereocenters. The molecule has 1 N–H and O–H groups in total. The maximum absolute atomic E-state index is 12.3. The highest BCUT2D eigenvalue weighted by Crippen LogP contribution is 2.29. The topological polar surface area (TPSA) is 49.4 Å². The predicted molar refractivity (Wildman–Crippen MR) is 74.4 cm³/mol. The van der Waals surface area contributed by atoms with E-state index in [0.29, 0.717) is 19.1 Å². The molecular formula is C13H20N2O2S. The average molecular weight is 268 g/mol. The molecule has 0 unspecified atom stereocenters. The van der Waals surface area contributed by atoms with Crippen LogP contribution in [0.4, 0.5) is 5.69 Å². The first kappa shape index (κ1) is 13.4. The summed E-state index contributed by atoms with van der Waals surface area (Å²) in [5.41, 5.74) is 1.97. The summed E-state index contributed by atoms with van der Waals surface area (Å²) in [6.07, 6.45) is 0.813. The number of anilines is 1. The fourth-order valence-corrected chi connectivity index (χ4v) is 3.63. The standard InChI is InChI=1S/C13H20N2O2S/c1-11(2)14-8-10-18(16,17)15-9-7-12-5-3-4-6-13(12)15/h3-6,11,14H,7-10H2,1-2H3. The van der Waals surface area contributed by atoms with Crippen LogP contribution in [0.25, 0.3) is 0 Å². The summed E-state index contributed by atoms with van der Waals surface area (Å²) in [7, 11) is -3.20. The van der Waals surface area contributed by atoms with Gasteiger partial charge in [-0.1, -0.05) is 32.0 Å². The van der Waals surface area contributed by atoms with Crippen molar-refractivity contribution in [1.29, 1.82) is 0 Å². The minimum absolute atomic E-state index is 0.152. The van der Waals surface area contributed by atoms with E-state index < -0.39 is 10.0 Å². The van der Waals surface area contributed by atoms with Crippen molar-refractivity contribution >= 4 is 15.7 Å². The summed E-state index contributed by atoms with van der Waals surface area (Å²) in [6, 6.07) is 8.03. The molecule has 2 rings (SSSR count). The van der Waals surface area contributed by atoms with Crippen molar-refractivity contribution in [2.45, 2.75) is 26.3 Å². The molecule has 0 aliphatic carbocycles. The van der Waals surface area contributed by atoms with Crippen LogP contribution in [0.15, 0.2) is 24.3 Å². The second-order valence-corrected chi connectivity index (χ2v) is 6.89. The molecule has 1 heterocycles. The van der Waals surface area contributed by atoms with E-state index in [9.17, 15) is 8.42 Å². The van der Waals surface area contributed by atoms with Gasteiger partial charge in [-0.2, -0.15) is 0 Å². The zero-order chi connectivity index (χ0) is 13.2. The van der Waals surface area contributed by atoms with Crippen LogP contribution >= 0.6 is 0 Å².